The van der Waals surface area contributed by atoms with Crippen LogP contribution in [-0.4, -0.2) is 28.2 Å². The van der Waals surface area contributed by atoms with Crippen molar-refractivity contribution < 1.29 is 9.52 Å². The second-order valence-corrected chi connectivity index (χ2v) is 4.70. The summed E-state index contributed by atoms with van der Waals surface area (Å²) >= 11 is 1.98. The Kier molecular flexibility index (Phi) is 3.48. The van der Waals surface area contributed by atoms with Crippen molar-refractivity contribution in [1.82, 2.24) is 4.98 Å². The predicted octanol–water partition coefficient (Wildman–Crippen LogP) is 1.82. The van der Waals surface area contributed by atoms with Crippen LogP contribution in [0.2, 0.25) is 0 Å². The number of thioether (sulfide) groups is 1. The number of oxazole rings is 1. The smallest absolute Gasteiger partial charge is 0.194 e. The lowest BCUT2D eigenvalue weighted by atomic mass is 10.1. The average molecular weight is 213 g/mol. The SMILES string of the molecule is OCCCc1nc(C2CCSC2)co1. The molecule has 78 valence electrons. The predicted molar refractivity (Wildman–Crippen MR) is 56.6 cm³/mol. The number of aliphatic hydroxyl groups excluding tert-OH is 1. The van der Waals surface area contributed by atoms with Crippen LogP contribution in [0.5, 0.6) is 0 Å². The summed E-state index contributed by atoms with van der Waals surface area (Å²) in [6.45, 7) is 0.205. The molecule has 0 bridgehead atoms. The Balaban J connectivity index is 1.94. The fourth-order valence-corrected chi connectivity index (χ4v) is 2.87. The van der Waals surface area contributed by atoms with Crippen LogP contribution in [0.3, 0.4) is 0 Å². The van der Waals surface area contributed by atoms with E-state index in [4.69, 9.17) is 9.52 Å². The van der Waals surface area contributed by atoms with Crippen LogP contribution in [0, 0.1) is 0 Å². The zero-order valence-corrected chi connectivity index (χ0v) is 8.92. The molecule has 0 radical (unpaired) electrons. The molecule has 14 heavy (non-hydrogen) atoms. The van der Waals surface area contributed by atoms with Crippen molar-refractivity contribution in [2.45, 2.75) is 25.2 Å². The fraction of sp³-hybridized carbons (Fsp3) is 0.700. The molecular formula is C10H15NO2S. The van der Waals surface area contributed by atoms with Crippen LogP contribution in [0.25, 0.3) is 0 Å². The molecular weight excluding hydrogens is 198 g/mol. The van der Waals surface area contributed by atoms with Crippen molar-refractivity contribution in [2.75, 3.05) is 18.1 Å². The van der Waals surface area contributed by atoms with E-state index in [9.17, 15) is 0 Å². The third-order valence-corrected chi connectivity index (χ3v) is 3.63. The van der Waals surface area contributed by atoms with Crippen molar-refractivity contribution in [3.63, 3.8) is 0 Å². The van der Waals surface area contributed by atoms with E-state index in [-0.39, 0.29) is 6.61 Å². The van der Waals surface area contributed by atoms with Crippen molar-refractivity contribution in [3.8, 4) is 0 Å². The van der Waals surface area contributed by atoms with Gasteiger partial charge in [-0.05, 0) is 18.6 Å². The minimum atomic E-state index is 0.205. The van der Waals surface area contributed by atoms with Crippen molar-refractivity contribution >= 4 is 11.8 Å². The summed E-state index contributed by atoms with van der Waals surface area (Å²) in [4.78, 5) is 4.44. The molecule has 0 amide bonds. The third kappa shape index (κ3) is 2.30. The Morgan fingerprint density at radius 1 is 1.64 bits per heavy atom. The quantitative estimate of drug-likeness (QED) is 0.828. The standard InChI is InChI=1S/C10H15NO2S/c12-4-1-2-10-11-9(6-13-10)8-3-5-14-7-8/h6,8,12H,1-5,7H2. The molecule has 1 aliphatic rings. The van der Waals surface area contributed by atoms with Gasteiger partial charge in [-0.1, -0.05) is 0 Å². The van der Waals surface area contributed by atoms with Gasteiger partial charge in [0.25, 0.3) is 0 Å². The minimum absolute atomic E-state index is 0.205. The van der Waals surface area contributed by atoms with E-state index in [1.807, 2.05) is 11.8 Å². The maximum atomic E-state index is 8.67. The molecule has 1 atom stereocenters. The first-order valence-electron chi connectivity index (χ1n) is 5.03. The maximum absolute atomic E-state index is 8.67. The van der Waals surface area contributed by atoms with Gasteiger partial charge in [-0.15, -0.1) is 0 Å². The van der Waals surface area contributed by atoms with Gasteiger partial charge >= 0.3 is 0 Å². The summed E-state index contributed by atoms with van der Waals surface area (Å²) in [6, 6.07) is 0. The molecule has 1 unspecified atom stereocenters. The molecule has 1 aromatic heterocycles. The highest BCUT2D eigenvalue weighted by Gasteiger charge is 2.20. The molecule has 1 N–H and O–H groups in total. The highest BCUT2D eigenvalue weighted by molar-refractivity contribution is 7.99. The van der Waals surface area contributed by atoms with E-state index >= 15 is 0 Å². The molecule has 0 saturated carbocycles. The first kappa shape index (κ1) is 10.1. The van der Waals surface area contributed by atoms with Gasteiger partial charge in [0.05, 0.1) is 5.69 Å². The number of rotatable bonds is 4. The lowest BCUT2D eigenvalue weighted by molar-refractivity contribution is 0.283. The van der Waals surface area contributed by atoms with E-state index in [0.29, 0.717) is 5.92 Å². The molecule has 2 heterocycles. The Morgan fingerprint density at radius 3 is 3.29 bits per heavy atom. The first-order valence-corrected chi connectivity index (χ1v) is 6.18. The molecule has 0 aromatic carbocycles. The summed E-state index contributed by atoms with van der Waals surface area (Å²) in [5.74, 6) is 3.77. The molecule has 0 spiro atoms. The van der Waals surface area contributed by atoms with Crippen LogP contribution in [0.1, 0.15) is 30.3 Å². The van der Waals surface area contributed by atoms with E-state index in [1.165, 1.54) is 17.9 Å². The van der Waals surface area contributed by atoms with Crippen LogP contribution in [0.15, 0.2) is 10.7 Å². The number of aliphatic hydroxyl groups is 1. The topological polar surface area (TPSA) is 46.3 Å². The maximum Gasteiger partial charge on any atom is 0.194 e. The number of hydrogen-bond acceptors (Lipinski definition) is 4. The summed E-state index contributed by atoms with van der Waals surface area (Å²) in [5.41, 5.74) is 1.10. The van der Waals surface area contributed by atoms with Crippen molar-refractivity contribution in [3.05, 3.63) is 17.8 Å². The molecule has 1 aromatic rings. The molecule has 4 heteroatoms. The summed E-state index contributed by atoms with van der Waals surface area (Å²) in [7, 11) is 0. The van der Waals surface area contributed by atoms with Crippen LogP contribution in [0.4, 0.5) is 0 Å². The molecule has 1 aliphatic heterocycles. The number of aryl methyl sites for hydroxylation is 1. The van der Waals surface area contributed by atoms with Gasteiger partial charge < -0.3 is 9.52 Å². The summed E-state index contributed by atoms with van der Waals surface area (Å²) < 4.78 is 5.35. The van der Waals surface area contributed by atoms with Crippen molar-refractivity contribution in [1.29, 1.82) is 0 Å². The van der Waals surface area contributed by atoms with E-state index in [2.05, 4.69) is 4.98 Å². The van der Waals surface area contributed by atoms with Gasteiger partial charge in [0.15, 0.2) is 5.89 Å². The zero-order valence-electron chi connectivity index (χ0n) is 8.11. The van der Waals surface area contributed by atoms with Crippen LogP contribution in [-0.2, 0) is 6.42 Å². The average Bonchev–Trinajstić information content (AvgIpc) is 2.85. The minimum Gasteiger partial charge on any atom is -0.449 e. The second kappa shape index (κ2) is 4.84. The highest BCUT2D eigenvalue weighted by Crippen LogP contribution is 2.31. The fourth-order valence-electron chi connectivity index (χ4n) is 1.63. The Morgan fingerprint density at radius 2 is 2.57 bits per heavy atom. The number of nitrogens with zero attached hydrogens (tertiary/aromatic N) is 1. The summed E-state index contributed by atoms with van der Waals surface area (Å²) in [5, 5.41) is 8.67. The van der Waals surface area contributed by atoms with Crippen LogP contribution < -0.4 is 0 Å². The van der Waals surface area contributed by atoms with Gasteiger partial charge in [-0.25, -0.2) is 4.98 Å². The zero-order chi connectivity index (χ0) is 9.80. The van der Waals surface area contributed by atoms with Gasteiger partial charge in [0.1, 0.15) is 6.26 Å². The van der Waals surface area contributed by atoms with Gasteiger partial charge in [0, 0.05) is 24.7 Å². The van der Waals surface area contributed by atoms with Gasteiger partial charge in [0.2, 0.25) is 0 Å². The van der Waals surface area contributed by atoms with E-state index in [0.717, 1.165) is 24.4 Å². The largest absolute Gasteiger partial charge is 0.449 e. The first-order chi connectivity index (χ1) is 6.90. The normalized spacial score (nSPS) is 21.6. The lowest BCUT2D eigenvalue weighted by Crippen LogP contribution is -1.97. The Bertz CT molecular complexity index is 281. The molecule has 2 rings (SSSR count). The third-order valence-electron chi connectivity index (χ3n) is 2.47. The Labute approximate surface area is 87.9 Å². The second-order valence-electron chi connectivity index (χ2n) is 3.55. The molecule has 1 saturated heterocycles. The van der Waals surface area contributed by atoms with Gasteiger partial charge in [-0.3, -0.25) is 0 Å². The molecule has 0 aliphatic carbocycles. The molecule has 3 nitrogen and oxygen atoms in total. The lowest BCUT2D eigenvalue weighted by Gasteiger charge is -2.00. The number of aromatic nitrogens is 1. The van der Waals surface area contributed by atoms with E-state index < -0.39 is 0 Å². The molecule has 1 fully saturated rings. The summed E-state index contributed by atoms with van der Waals surface area (Å²) in [6.07, 6.45) is 4.48. The number of hydrogen-bond donors (Lipinski definition) is 1. The Hall–Kier alpha value is -0.480. The van der Waals surface area contributed by atoms with Crippen molar-refractivity contribution in [2.24, 2.45) is 0 Å². The monoisotopic (exact) mass is 213 g/mol. The van der Waals surface area contributed by atoms with E-state index in [1.54, 1.807) is 6.26 Å². The highest BCUT2D eigenvalue weighted by atomic mass is 32.2. The van der Waals surface area contributed by atoms with Gasteiger partial charge in [-0.2, -0.15) is 11.8 Å². The van der Waals surface area contributed by atoms with Crippen LogP contribution >= 0.6 is 11.8 Å².